The van der Waals surface area contributed by atoms with E-state index in [2.05, 4.69) is 181 Å². The topological polar surface area (TPSA) is 29.5 Å². The largest absolute Gasteiger partial charge is 0.456 e. The second-order valence-corrected chi connectivity index (χ2v) is 13.7. The van der Waals surface area contributed by atoms with E-state index in [1.165, 1.54) is 27.5 Å². The van der Waals surface area contributed by atoms with Crippen LogP contribution in [0.5, 0.6) is 0 Å². The third kappa shape index (κ3) is 4.68. The van der Waals surface area contributed by atoms with Gasteiger partial charge in [0.15, 0.2) is 0 Å². The molecule has 0 fully saturated rings. The number of nitrogens with zero attached hydrogens (tertiary/aromatic N) is 1. The van der Waals surface area contributed by atoms with Crippen LogP contribution in [0.15, 0.2) is 197 Å². The zero-order valence-electron chi connectivity index (χ0n) is 28.7. The molecular weight excluding hydrogens is 647 g/mol. The number of benzene rings is 9. The highest BCUT2D eigenvalue weighted by molar-refractivity contribution is 6.20. The Morgan fingerprint density at radius 2 is 0.962 bits per heavy atom. The second kappa shape index (κ2) is 11.7. The number of fused-ring (bicyclic) bond motifs is 9. The van der Waals surface area contributed by atoms with E-state index in [4.69, 9.17) is 8.83 Å². The minimum Gasteiger partial charge on any atom is -0.456 e. The molecular formula is C50H31NO2. The molecule has 2 aromatic heterocycles. The lowest BCUT2D eigenvalue weighted by molar-refractivity contribution is 0.669. The van der Waals surface area contributed by atoms with E-state index in [-0.39, 0.29) is 0 Å². The van der Waals surface area contributed by atoms with Crippen LogP contribution >= 0.6 is 0 Å². The fourth-order valence-electron chi connectivity index (χ4n) is 8.23. The average molecular weight is 678 g/mol. The van der Waals surface area contributed by atoms with Crippen molar-refractivity contribution in [2.75, 3.05) is 4.90 Å². The van der Waals surface area contributed by atoms with Crippen LogP contribution in [0.1, 0.15) is 0 Å². The van der Waals surface area contributed by atoms with E-state index >= 15 is 0 Å². The highest BCUT2D eigenvalue weighted by Crippen LogP contribution is 2.46. The molecule has 0 radical (unpaired) electrons. The van der Waals surface area contributed by atoms with Crippen LogP contribution in [-0.2, 0) is 0 Å². The van der Waals surface area contributed by atoms with E-state index in [1.807, 2.05) is 12.1 Å². The standard InChI is InChI=1S/C50H31NO2/c1-2-11-32(12-3-1)38-18-8-14-35-15-9-19-39(48(35)38)34-23-26-36(27-24-34)51(37-28-30-42-41-17-6-7-21-45(41)52-47(42)31-37)44-20-10-22-46-49(44)43-29-25-33-13-4-5-16-40(33)50(43)53-46/h1-31H. The van der Waals surface area contributed by atoms with Gasteiger partial charge in [0, 0.05) is 39.0 Å². The van der Waals surface area contributed by atoms with Gasteiger partial charge in [-0.05, 0) is 86.9 Å². The normalized spacial score (nSPS) is 11.8. The molecule has 0 aliphatic carbocycles. The number of rotatable bonds is 5. The van der Waals surface area contributed by atoms with Gasteiger partial charge in [0.1, 0.15) is 22.3 Å². The Kier molecular flexibility index (Phi) is 6.55. The average Bonchev–Trinajstić information content (AvgIpc) is 3.80. The molecule has 9 aromatic carbocycles. The van der Waals surface area contributed by atoms with Crippen molar-refractivity contribution < 1.29 is 8.83 Å². The Balaban J connectivity index is 1.12. The number of para-hydroxylation sites is 1. The molecule has 0 unspecified atom stereocenters. The summed E-state index contributed by atoms with van der Waals surface area (Å²) in [6.45, 7) is 0. The smallest absolute Gasteiger partial charge is 0.143 e. The summed E-state index contributed by atoms with van der Waals surface area (Å²) in [7, 11) is 0. The summed E-state index contributed by atoms with van der Waals surface area (Å²) in [5.41, 5.74) is 11.4. The van der Waals surface area contributed by atoms with Gasteiger partial charge >= 0.3 is 0 Å². The van der Waals surface area contributed by atoms with Gasteiger partial charge in [-0.2, -0.15) is 0 Å². The van der Waals surface area contributed by atoms with Crippen LogP contribution in [0.25, 0.3) is 87.7 Å². The molecule has 3 nitrogen and oxygen atoms in total. The van der Waals surface area contributed by atoms with Gasteiger partial charge in [0.2, 0.25) is 0 Å². The first-order chi connectivity index (χ1) is 26.3. The molecule has 0 bridgehead atoms. The zero-order valence-corrected chi connectivity index (χ0v) is 28.7. The maximum atomic E-state index is 6.66. The molecule has 11 rings (SSSR count). The summed E-state index contributed by atoms with van der Waals surface area (Å²) < 4.78 is 13.1. The summed E-state index contributed by atoms with van der Waals surface area (Å²) in [5, 5.41) is 9.12. The second-order valence-electron chi connectivity index (χ2n) is 13.7. The first-order valence-electron chi connectivity index (χ1n) is 18.0. The van der Waals surface area contributed by atoms with Gasteiger partial charge in [-0.3, -0.25) is 0 Å². The van der Waals surface area contributed by atoms with Gasteiger partial charge < -0.3 is 13.7 Å². The van der Waals surface area contributed by atoms with Crippen molar-refractivity contribution in [1.29, 1.82) is 0 Å². The highest BCUT2D eigenvalue weighted by Gasteiger charge is 2.22. The number of hydrogen-bond acceptors (Lipinski definition) is 3. The Hall–Kier alpha value is -7.10. The Bertz CT molecular complexity index is 3160. The van der Waals surface area contributed by atoms with E-state index in [9.17, 15) is 0 Å². The van der Waals surface area contributed by atoms with Gasteiger partial charge in [-0.1, -0.05) is 133 Å². The van der Waals surface area contributed by atoms with E-state index in [1.54, 1.807) is 0 Å². The van der Waals surface area contributed by atoms with Crippen molar-refractivity contribution >= 4 is 82.5 Å². The summed E-state index contributed by atoms with van der Waals surface area (Å²) in [5.74, 6) is 0. The predicted octanol–water partition coefficient (Wildman–Crippen LogP) is 14.6. The van der Waals surface area contributed by atoms with Crippen LogP contribution in [0.3, 0.4) is 0 Å². The summed E-state index contributed by atoms with van der Waals surface area (Å²) in [6.07, 6.45) is 0. The van der Waals surface area contributed by atoms with Crippen LogP contribution in [0, 0.1) is 0 Å². The summed E-state index contributed by atoms with van der Waals surface area (Å²) in [4.78, 5) is 2.33. The SMILES string of the molecule is c1ccc(-c2cccc3cccc(-c4ccc(N(c5ccc6c(c5)oc5ccccc56)c5cccc6oc7c8ccccc8ccc7c56)cc4)c23)cc1. The van der Waals surface area contributed by atoms with Crippen LogP contribution in [0.4, 0.5) is 17.1 Å². The molecule has 53 heavy (non-hydrogen) atoms. The molecule has 0 aliphatic rings. The fourth-order valence-corrected chi connectivity index (χ4v) is 8.23. The van der Waals surface area contributed by atoms with Crippen molar-refractivity contribution in [3.63, 3.8) is 0 Å². The molecule has 0 saturated carbocycles. The minimum absolute atomic E-state index is 0.851. The van der Waals surface area contributed by atoms with E-state index in [0.717, 1.165) is 77.3 Å². The maximum absolute atomic E-state index is 6.66. The monoisotopic (exact) mass is 677 g/mol. The summed E-state index contributed by atoms with van der Waals surface area (Å²) >= 11 is 0. The van der Waals surface area contributed by atoms with Crippen molar-refractivity contribution in [3.05, 3.63) is 188 Å². The van der Waals surface area contributed by atoms with Crippen LogP contribution in [-0.4, -0.2) is 0 Å². The molecule has 11 aromatic rings. The molecule has 248 valence electrons. The molecule has 0 atom stereocenters. The molecule has 0 N–H and O–H groups in total. The van der Waals surface area contributed by atoms with Crippen LogP contribution < -0.4 is 4.90 Å². The highest BCUT2D eigenvalue weighted by atomic mass is 16.3. The molecule has 0 amide bonds. The maximum Gasteiger partial charge on any atom is 0.143 e. The molecule has 2 heterocycles. The number of furan rings is 2. The van der Waals surface area contributed by atoms with Gasteiger partial charge in [0.25, 0.3) is 0 Å². The fraction of sp³-hybridized carbons (Fsp3) is 0. The molecule has 0 spiro atoms. The first-order valence-corrected chi connectivity index (χ1v) is 18.0. The van der Waals surface area contributed by atoms with Gasteiger partial charge in [-0.15, -0.1) is 0 Å². The minimum atomic E-state index is 0.851. The third-order valence-corrected chi connectivity index (χ3v) is 10.7. The quantitative estimate of drug-likeness (QED) is 0.182. The van der Waals surface area contributed by atoms with Crippen LogP contribution in [0.2, 0.25) is 0 Å². The lowest BCUT2D eigenvalue weighted by Gasteiger charge is -2.26. The predicted molar refractivity (Wildman–Crippen MR) is 222 cm³/mol. The number of hydrogen-bond donors (Lipinski definition) is 0. The molecule has 0 saturated heterocycles. The number of anilines is 3. The first kappa shape index (κ1) is 29.6. The third-order valence-electron chi connectivity index (χ3n) is 10.7. The van der Waals surface area contributed by atoms with Crippen molar-refractivity contribution in [2.45, 2.75) is 0 Å². The zero-order chi connectivity index (χ0) is 34.9. The van der Waals surface area contributed by atoms with Crippen molar-refractivity contribution in [1.82, 2.24) is 0 Å². The Morgan fingerprint density at radius 1 is 0.340 bits per heavy atom. The molecule has 0 aliphatic heterocycles. The van der Waals surface area contributed by atoms with E-state index in [0.29, 0.717) is 0 Å². The van der Waals surface area contributed by atoms with Gasteiger partial charge in [-0.25, -0.2) is 0 Å². The Labute approximate surface area is 305 Å². The lowest BCUT2D eigenvalue weighted by atomic mass is 9.91. The van der Waals surface area contributed by atoms with Gasteiger partial charge in [0.05, 0.1) is 11.1 Å². The lowest BCUT2D eigenvalue weighted by Crippen LogP contribution is -2.10. The Morgan fingerprint density at radius 3 is 1.79 bits per heavy atom. The van der Waals surface area contributed by atoms with Crippen molar-refractivity contribution in [2.24, 2.45) is 0 Å². The van der Waals surface area contributed by atoms with Crippen molar-refractivity contribution in [3.8, 4) is 22.3 Å². The van der Waals surface area contributed by atoms with E-state index < -0.39 is 0 Å². The molecule has 3 heteroatoms. The summed E-state index contributed by atoms with van der Waals surface area (Å²) in [6, 6.07) is 66.8.